The number of carbonyl (C=O) groups is 2. The first-order chi connectivity index (χ1) is 16.1. The molecule has 174 valence electrons. The fourth-order valence-electron chi connectivity index (χ4n) is 3.37. The predicted molar refractivity (Wildman–Crippen MR) is 139 cm³/mol. The molecule has 1 aromatic heterocycles. The molecule has 3 aromatic carbocycles. The summed E-state index contributed by atoms with van der Waals surface area (Å²) in [7, 11) is 3.66. The van der Waals surface area contributed by atoms with E-state index in [-0.39, 0.29) is 16.1 Å². The second-order valence-corrected chi connectivity index (χ2v) is 9.07. The zero-order valence-electron chi connectivity index (χ0n) is 18.5. The Bertz CT molecular complexity index is 1430. The minimum absolute atomic E-state index is 0.219. The van der Waals surface area contributed by atoms with Crippen molar-refractivity contribution in [2.45, 2.75) is 6.92 Å². The standard InChI is InChI=1S/C24H20Cl3N5O2/c1-12-17(26)5-4-6-19(12)29-23(34)16-10-14(11-20-21(16)31-24(30-20)32(2)3)28-22(33)15-8-7-13(25)9-18(15)27/h4-11H,1-3H3,(H,28,33)(H,29,34)(H,30,31). The summed E-state index contributed by atoms with van der Waals surface area (Å²) in [6.07, 6.45) is 0. The molecule has 7 nitrogen and oxygen atoms in total. The van der Waals surface area contributed by atoms with Gasteiger partial charge in [0.2, 0.25) is 5.95 Å². The van der Waals surface area contributed by atoms with Crippen LogP contribution in [0.25, 0.3) is 11.0 Å². The number of aromatic nitrogens is 2. The molecule has 34 heavy (non-hydrogen) atoms. The van der Waals surface area contributed by atoms with E-state index in [4.69, 9.17) is 34.8 Å². The molecule has 0 saturated carbocycles. The van der Waals surface area contributed by atoms with Crippen LogP contribution >= 0.6 is 34.8 Å². The number of aromatic amines is 1. The largest absolute Gasteiger partial charge is 0.349 e. The van der Waals surface area contributed by atoms with E-state index in [1.165, 1.54) is 12.1 Å². The van der Waals surface area contributed by atoms with Crippen molar-refractivity contribution in [1.29, 1.82) is 0 Å². The second kappa shape index (κ2) is 9.54. The zero-order chi connectivity index (χ0) is 24.6. The number of carbonyl (C=O) groups excluding carboxylic acids is 2. The van der Waals surface area contributed by atoms with Crippen molar-refractivity contribution in [2.24, 2.45) is 0 Å². The van der Waals surface area contributed by atoms with E-state index >= 15 is 0 Å². The molecule has 4 aromatic rings. The van der Waals surface area contributed by atoms with E-state index in [1.54, 1.807) is 41.3 Å². The van der Waals surface area contributed by atoms with Crippen molar-refractivity contribution in [2.75, 3.05) is 29.6 Å². The van der Waals surface area contributed by atoms with Crippen LogP contribution in [0.5, 0.6) is 0 Å². The van der Waals surface area contributed by atoms with Gasteiger partial charge in [0.25, 0.3) is 11.8 Å². The van der Waals surface area contributed by atoms with Gasteiger partial charge in [0.15, 0.2) is 0 Å². The summed E-state index contributed by atoms with van der Waals surface area (Å²) in [6.45, 7) is 1.82. The highest BCUT2D eigenvalue weighted by Crippen LogP contribution is 2.29. The number of fused-ring (bicyclic) bond motifs is 1. The Morgan fingerprint density at radius 1 is 0.912 bits per heavy atom. The maximum absolute atomic E-state index is 13.3. The van der Waals surface area contributed by atoms with Crippen LogP contribution in [-0.2, 0) is 0 Å². The van der Waals surface area contributed by atoms with Gasteiger partial charge in [0.1, 0.15) is 5.52 Å². The summed E-state index contributed by atoms with van der Waals surface area (Å²) in [5.74, 6) is -0.273. The highest BCUT2D eigenvalue weighted by molar-refractivity contribution is 6.37. The summed E-state index contributed by atoms with van der Waals surface area (Å²) in [6, 6.07) is 13.2. The maximum atomic E-state index is 13.3. The number of H-pyrrole nitrogens is 1. The van der Waals surface area contributed by atoms with Crippen LogP contribution in [0, 0.1) is 6.92 Å². The van der Waals surface area contributed by atoms with Crippen LogP contribution in [0.3, 0.4) is 0 Å². The van der Waals surface area contributed by atoms with Crippen molar-refractivity contribution >= 4 is 75.0 Å². The molecule has 3 N–H and O–H groups in total. The van der Waals surface area contributed by atoms with Gasteiger partial charge in [-0.25, -0.2) is 4.98 Å². The monoisotopic (exact) mass is 515 g/mol. The molecular formula is C24H20Cl3N5O2. The molecule has 4 rings (SSSR count). The van der Waals surface area contributed by atoms with E-state index < -0.39 is 11.8 Å². The molecule has 0 spiro atoms. The Kier molecular flexibility index (Phi) is 6.70. The molecule has 10 heteroatoms. The summed E-state index contributed by atoms with van der Waals surface area (Å²) in [4.78, 5) is 35.7. The number of imidazole rings is 1. The summed E-state index contributed by atoms with van der Waals surface area (Å²) < 4.78 is 0. The van der Waals surface area contributed by atoms with Crippen LogP contribution in [0.15, 0.2) is 48.5 Å². The van der Waals surface area contributed by atoms with E-state index in [1.807, 2.05) is 21.0 Å². The van der Waals surface area contributed by atoms with E-state index in [9.17, 15) is 9.59 Å². The molecule has 0 aliphatic carbocycles. The Morgan fingerprint density at radius 3 is 2.35 bits per heavy atom. The number of halogens is 3. The SMILES string of the molecule is Cc1c(Cl)cccc1NC(=O)c1cc(NC(=O)c2ccc(Cl)cc2Cl)cc2[nH]c(N(C)C)nc12. The number of benzene rings is 3. The van der Waals surface area contributed by atoms with Crippen LogP contribution in [0.4, 0.5) is 17.3 Å². The third kappa shape index (κ3) is 4.82. The number of rotatable bonds is 5. The van der Waals surface area contributed by atoms with Gasteiger partial charge >= 0.3 is 0 Å². The van der Waals surface area contributed by atoms with Crippen LogP contribution < -0.4 is 15.5 Å². The normalized spacial score (nSPS) is 10.9. The van der Waals surface area contributed by atoms with Gasteiger partial charge in [-0.15, -0.1) is 0 Å². The lowest BCUT2D eigenvalue weighted by atomic mass is 10.1. The number of hydrogen-bond donors (Lipinski definition) is 3. The minimum atomic E-state index is -0.439. The second-order valence-electron chi connectivity index (χ2n) is 7.82. The fourth-order valence-corrected chi connectivity index (χ4v) is 4.04. The minimum Gasteiger partial charge on any atom is -0.349 e. The van der Waals surface area contributed by atoms with Crippen LogP contribution in [-0.4, -0.2) is 35.9 Å². The van der Waals surface area contributed by atoms with Crippen molar-refractivity contribution in [3.05, 3.63) is 80.3 Å². The van der Waals surface area contributed by atoms with E-state index in [0.29, 0.717) is 38.4 Å². The Labute approximate surface area is 211 Å². The van der Waals surface area contributed by atoms with E-state index in [2.05, 4.69) is 20.6 Å². The van der Waals surface area contributed by atoms with Crippen LogP contribution in [0.1, 0.15) is 26.3 Å². The molecule has 0 bridgehead atoms. The highest BCUT2D eigenvalue weighted by Gasteiger charge is 2.19. The molecule has 0 fully saturated rings. The van der Waals surface area contributed by atoms with Crippen molar-refractivity contribution < 1.29 is 9.59 Å². The van der Waals surface area contributed by atoms with Gasteiger partial charge in [-0.2, -0.15) is 0 Å². The third-order valence-corrected chi connectivity index (χ3v) is 6.15. The van der Waals surface area contributed by atoms with Gasteiger partial charge in [-0.1, -0.05) is 40.9 Å². The molecular weight excluding hydrogens is 497 g/mol. The molecule has 0 aliphatic heterocycles. The average molecular weight is 517 g/mol. The summed E-state index contributed by atoms with van der Waals surface area (Å²) in [5.41, 5.74) is 3.29. The quantitative estimate of drug-likeness (QED) is 0.286. The number of nitrogens with one attached hydrogen (secondary N) is 3. The van der Waals surface area contributed by atoms with Crippen molar-refractivity contribution in [3.63, 3.8) is 0 Å². The zero-order valence-corrected chi connectivity index (χ0v) is 20.7. The number of amides is 2. The van der Waals surface area contributed by atoms with Crippen LogP contribution in [0.2, 0.25) is 15.1 Å². The predicted octanol–water partition coefficient (Wildman–Crippen LogP) is 6.40. The first kappa shape index (κ1) is 23.9. The smallest absolute Gasteiger partial charge is 0.258 e. The third-order valence-electron chi connectivity index (χ3n) is 5.19. The van der Waals surface area contributed by atoms with Crippen molar-refractivity contribution in [1.82, 2.24) is 9.97 Å². The summed E-state index contributed by atoms with van der Waals surface area (Å²) >= 11 is 18.3. The maximum Gasteiger partial charge on any atom is 0.258 e. The molecule has 2 amide bonds. The molecule has 0 saturated heterocycles. The van der Waals surface area contributed by atoms with Gasteiger partial charge in [0, 0.05) is 35.5 Å². The molecule has 0 unspecified atom stereocenters. The topological polar surface area (TPSA) is 90.1 Å². The Balaban J connectivity index is 1.74. The lowest BCUT2D eigenvalue weighted by Gasteiger charge is -2.12. The Morgan fingerprint density at radius 2 is 1.65 bits per heavy atom. The fraction of sp³-hybridized carbons (Fsp3) is 0.125. The Hall–Kier alpha value is -3.26. The molecule has 0 atom stereocenters. The van der Waals surface area contributed by atoms with Crippen molar-refractivity contribution in [3.8, 4) is 0 Å². The first-order valence-corrected chi connectivity index (χ1v) is 11.3. The molecule has 1 heterocycles. The van der Waals surface area contributed by atoms with E-state index in [0.717, 1.165) is 5.56 Å². The highest BCUT2D eigenvalue weighted by atomic mass is 35.5. The van der Waals surface area contributed by atoms with Gasteiger partial charge in [-0.3, -0.25) is 9.59 Å². The van der Waals surface area contributed by atoms with Gasteiger partial charge in [0.05, 0.1) is 21.7 Å². The molecule has 0 radical (unpaired) electrons. The lowest BCUT2D eigenvalue weighted by molar-refractivity contribution is 0.101. The van der Waals surface area contributed by atoms with Gasteiger partial charge in [-0.05, 0) is 55.0 Å². The lowest BCUT2D eigenvalue weighted by Crippen LogP contribution is -2.16. The first-order valence-electron chi connectivity index (χ1n) is 10.2. The summed E-state index contributed by atoms with van der Waals surface area (Å²) in [5, 5.41) is 6.87. The number of anilines is 3. The number of hydrogen-bond acceptors (Lipinski definition) is 4. The van der Waals surface area contributed by atoms with Gasteiger partial charge < -0.3 is 20.5 Å². The molecule has 0 aliphatic rings. The average Bonchev–Trinajstić information content (AvgIpc) is 3.20. The number of nitrogens with zero attached hydrogens (tertiary/aromatic N) is 2.